The number of methoxy groups -OCH3 is 1. The number of nitrogens with one attached hydrogen (secondary N) is 2. The van der Waals surface area contributed by atoms with Crippen molar-refractivity contribution >= 4 is 23.3 Å². The van der Waals surface area contributed by atoms with Gasteiger partial charge in [0.25, 0.3) is 0 Å². The lowest BCUT2D eigenvalue weighted by Crippen LogP contribution is -2.47. The molecule has 0 spiro atoms. The van der Waals surface area contributed by atoms with Crippen LogP contribution in [0.25, 0.3) is 0 Å². The van der Waals surface area contributed by atoms with Gasteiger partial charge in [-0.15, -0.1) is 0 Å². The molecule has 1 aliphatic heterocycles. The fourth-order valence-corrected chi connectivity index (χ4v) is 3.11. The summed E-state index contributed by atoms with van der Waals surface area (Å²) in [4.78, 5) is 29.9. The molecule has 0 radical (unpaired) electrons. The molecule has 160 valence electrons. The van der Waals surface area contributed by atoms with E-state index in [2.05, 4.69) is 15.6 Å². The number of ether oxygens (including phenoxy) is 1. The molecule has 2 N–H and O–H groups in total. The Morgan fingerprint density at radius 1 is 1.07 bits per heavy atom. The summed E-state index contributed by atoms with van der Waals surface area (Å²) in [5.41, 5.74) is -0.324. The Balaban J connectivity index is 1.47. The smallest absolute Gasteiger partial charge is 0.417 e. The van der Waals surface area contributed by atoms with Gasteiger partial charge in [-0.3, -0.25) is 9.59 Å². The largest absolute Gasteiger partial charge is 0.497 e. The number of anilines is 2. The Labute approximate surface area is 171 Å². The van der Waals surface area contributed by atoms with Crippen LogP contribution in [0.1, 0.15) is 18.4 Å². The average Bonchev–Trinajstić information content (AvgIpc) is 2.74. The van der Waals surface area contributed by atoms with Gasteiger partial charge >= 0.3 is 18.0 Å². The highest BCUT2D eigenvalue weighted by Crippen LogP contribution is 2.29. The normalized spacial score (nSPS) is 14.9. The minimum atomic E-state index is -4.42. The summed E-state index contributed by atoms with van der Waals surface area (Å²) in [6, 6.07) is 8.71. The number of nitrogens with zero attached hydrogens (tertiary/aromatic N) is 2. The van der Waals surface area contributed by atoms with Crippen LogP contribution in [0.5, 0.6) is 5.75 Å². The molecular weight excluding hydrogens is 401 g/mol. The second kappa shape index (κ2) is 9.02. The molecule has 1 fully saturated rings. The van der Waals surface area contributed by atoms with E-state index in [0.717, 1.165) is 12.3 Å². The lowest BCUT2D eigenvalue weighted by molar-refractivity contribution is -0.137. The molecule has 0 unspecified atom stereocenters. The Morgan fingerprint density at radius 3 is 2.27 bits per heavy atom. The number of piperidine rings is 1. The number of amides is 2. The Hall–Kier alpha value is -3.30. The first kappa shape index (κ1) is 21.4. The highest BCUT2D eigenvalue weighted by Gasteiger charge is 2.31. The number of halogens is 3. The summed E-state index contributed by atoms with van der Waals surface area (Å²) in [5, 5.41) is 5.21. The van der Waals surface area contributed by atoms with Crippen molar-refractivity contribution in [1.82, 2.24) is 10.3 Å². The summed E-state index contributed by atoms with van der Waals surface area (Å²) in [5.74, 6) is -0.430. The molecule has 2 heterocycles. The number of carbonyl (C=O) groups excluding carboxylic acids is 2. The van der Waals surface area contributed by atoms with Crippen molar-refractivity contribution in [3.63, 3.8) is 0 Å². The molecule has 3 rings (SSSR count). The van der Waals surface area contributed by atoms with Crippen molar-refractivity contribution in [3.05, 3.63) is 48.2 Å². The van der Waals surface area contributed by atoms with Gasteiger partial charge in [0.1, 0.15) is 11.6 Å². The maximum atomic E-state index is 12.6. The van der Waals surface area contributed by atoms with E-state index in [1.807, 2.05) is 4.90 Å². The van der Waals surface area contributed by atoms with Gasteiger partial charge in [0.15, 0.2) is 0 Å². The van der Waals surface area contributed by atoms with E-state index >= 15 is 0 Å². The molecule has 0 bridgehead atoms. The Morgan fingerprint density at radius 2 is 1.73 bits per heavy atom. The van der Waals surface area contributed by atoms with Crippen molar-refractivity contribution in [2.24, 2.45) is 0 Å². The predicted octanol–water partition coefficient (Wildman–Crippen LogP) is 2.83. The highest BCUT2D eigenvalue weighted by atomic mass is 19.4. The maximum absolute atomic E-state index is 12.6. The topological polar surface area (TPSA) is 83.6 Å². The minimum absolute atomic E-state index is 0.204. The van der Waals surface area contributed by atoms with Gasteiger partial charge in [-0.1, -0.05) is 0 Å². The van der Waals surface area contributed by atoms with Crippen molar-refractivity contribution in [3.8, 4) is 5.75 Å². The molecule has 30 heavy (non-hydrogen) atoms. The van der Waals surface area contributed by atoms with Crippen molar-refractivity contribution in [1.29, 1.82) is 0 Å². The molecule has 10 heteroatoms. The van der Waals surface area contributed by atoms with Gasteiger partial charge in [-0.2, -0.15) is 13.2 Å². The van der Waals surface area contributed by atoms with E-state index in [9.17, 15) is 22.8 Å². The van der Waals surface area contributed by atoms with Gasteiger partial charge < -0.3 is 20.3 Å². The SMILES string of the molecule is COc1ccc(NC(=O)C(=O)NC2CCN(c3ccc(C(F)(F)F)cn3)CC2)cc1. The molecule has 2 amide bonds. The molecular formula is C20H21F3N4O3. The fraction of sp³-hybridized carbons (Fsp3) is 0.350. The first-order valence-corrected chi connectivity index (χ1v) is 9.30. The predicted molar refractivity (Wildman–Crippen MR) is 104 cm³/mol. The van der Waals surface area contributed by atoms with E-state index < -0.39 is 23.6 Å². The summed E-state index contributed by atoms with van der Waals surface area (Å²) >= 11 is 0. The summed E-state index contributed by atoms with van der Waals surface area (Å²) < 4.78 is 43.0. The molecule has 0 atom stereocenters. The zero-order valence-corrected chi connectivity index (χ0v) is 16.2. The second-order valence-corrected chi connectivity index (χ2v) is 6.82. The molecule has 1 aromatic heterocycles. The maximum Gasteiger partial charge on any atom is 0.417 e. The van der Waals surface area contributed by atoms with Gasteiger partial charge in [-0.25, -0.2) is 4.98 Å². The van der Waals surface area contributed by atoms with Gasteiger partial charge in [-0.05, 0) is 49.2 Å². The number of hydrogen-bond acceptors (Lipinski definition) is 5. The molecule has 1 aliphatic rings. The zero-order chi connectivity index (χ0) is 21.7. The summed E-state index contributed by atoms with van der Waals surface area (Å²) in [6.07, 6.45) is -2.52. The van der Waals surface area contributed by atoms with Crippen LogP contribution in [-0.4, -0.2) is 43.0 Å². The van der Waals surface area contributed by atoms with Crippen LogP contribution in [0.2, 0.25) is 0 Å². The Bertz CT molecular complexity index is 878. The van der Waals surface area contributed by atoms with Gasteiger partial charge in [0, 0.05) is 31.0 Å². The number of aromatic nitrogens is 1. The number of hydrogen-bond donors (Lipinski definition) is 2. The van der Waals surface area contributed by atoms with Crippen LogP contribution in [0.4, 0.5) is 24.7 Å². The van der Waals surface area contributed by atoms with E-state index in [-0.39, 0.29) is 6.04 Å². The Kier molecular flexibility index (Phi) is 6.43. The molecule has 7 nitrogen and oxygen atoms in total. The molecule has 0 saturated carbocycles. The monoisotopic (exact) mass is 422 g/mol. The van der Waals surface area contributed by atoms with Crippen molar-refractivity contribution < 1.29 is 27.5 Å². The zero-order valence-electron chi connectivity index (χ0n) is 16.2. The molecule has 2 aromatic rings. The van der Waals surface area contributed by atoms with Crippen LogP contribution in [-0.2, 0) is 15.8 Å². The van der Waals surface area contributed by atoms with Gasteiger partial charge in [0.05, 0.1) is 12.7 Å². The third kappa shape index (κ3) is 5.40. The number of alkyl halides is 3. The van der Waals surface area contributed by atoms with E-state index in [4.69, 9.17) is 4.74 Å². The fourth-order valence-electron chi connectivity index (χ4n) is 3.11. The number of benzene rings is 1. The van der Waals surface area contributed by atoms with Crippen molar-refractivity contribution in [2.75, 3.05) is 30.4 Å². The van der Waals surface area contributed by atoms with Crippen LogP contribution < -0.4 is 20.3 Å². The highest BCUT2D eigenvalue weighted by molar-refractivity contribution is 6.39. The van der Waals surface area contributed by atoms with E-state index in [1.165, 1.54) is 13.2 Å². The van der Waals surface area contributed by atoms with Crippen LogP contribution in [0, 0.1) is 0 Å². The lowest BCUT2D eigenvalue weighted by Gasteiger charge is -2.33. The number of rotatable bonds is 4. The van der Waals surface area contributed by atoms with E-state index in [0.29, 0.717) is 43.2 Å². The molecule has 1 saturated heterocycles. The summed E-state index contributed by atoms with van der Waals surface area (Å²) in [6.45, 7) is 1.01. The number of carbonyl (C=O) groups is 2. The first-order valence-electron chi connectivity index (χ1n) is 9.30. The lowest BCUT2D eigenvalue weighted by atomic mass is 10.0. The first-order chi connectivity index (χ1) is 14.3. The van der Waals surface area contributed by atoms with Crippen LogP contribution in [0.15, 0.2) is 42.6 Å². The van der Waals surface area contributed by atoms with Gasteiger partial charge in [0.2, 0.25) is 0 Å². The van der Waals surface area contributed by atoms with Crippen LogP contribution in [0.3, 0.4) is 0 Å². The third-order valence-corrected chi connectivity index (χ3v) is 4.78. The molecule has 1 aromatic carbocycles. The standard InChI is InChI=1S/C20H21F3N4O3/c1-30-16-5-3-14(4-6-16)25-18(28)19(29)26-15-8-10-27(11-9-15)17-7-2-13(12-24-17)20(21,22)23/h2-7,12,15H,8-11H2,1H3,(H,25,28)(H,26,29). The second-order valence-electron chi connectivity index (χ2n) is 6.82. The van der Waals surface area contributed by atoms with Crippen molar-refractivity contribution in [2.45, 2.75) is 25.1 Å². The number of pyridine rings is 1. The molecule has 0 aliphatic carbocycles. The quantitative estimate of drug-likeness (QED) is 0.741. The van der Waals surface area contributed by atoms with Crippen LogP contribution >= 0.6 is 0 Å². The minimum Gasteiger partial charge on any atom is -0.497 e. The van der Waals surface area contributed by atoms with E-state index in [1.54, 1.807) is 24.3 Å². The average molecular weight is 422 g/mol. The third-order valence-electron chi connectivity index (χ3n) is 4.78. The summed E-state index contributed by atoms with van der Waals surface area (Å²) in [7, 11) is 1.53.